The highest BCUT2D eigenvalue weighted by molar-refractivity contribution is 5.87. The lowest BCUT2D eigenvalue weighted by molar-refractivity contribution is 0.123. The van der Waals surface area contributed by atoms with E-state index >= 15 is 0 Å². The van der Waals surface area contributed by atoms with Crippen LogP contribution in [0.2, 0.25) is 0 Å². The maximum absolute atomic E-state index is 5.50. The number of hydrogen-bond acceptors (Lipinski definition) is 3. The van der Waals surface area contributed by atoms with Crippen LogP contribution in [0.3, 0.4) is 0 Å². The Bertz CT molecular complexity index is 414. The minimum atomic E-state index is 0.561. The zero-order chi connectivity index (χ0) is 14.2. The van der Waals surface area contributed by atoms with Gasteiger partial charge in [-0.3, -0.25) is 0 Å². The average Bonchev–Trinajstić information content (AvgIpc) is 2.46. The first-order valence-corrected chi connectivity index (χ1v) is 7.63. The normalized spacial score (nSPS) is 21.4. The number of benzene rings is 1. The van der Waals surface area contributed by atoms with E-state index in [0.717, 1.165) is 19.4 Å². The van der Waals surface area contributed by atoms with Gasteiger partial charge in [0.25, 0.3) is 0 Å². The molecule has 1 atom stereocenters. The summed E-state index contributed by atoms with van der Waals surface area (Å²) < 4.78 is 0. The fourth-order valence-corrected chi connectivity index (χ4v) is 2.66. The molecule has 0 heterocycles. The topological polar surface area (TPSA) is 24.8 Å². The van der Waals surface area contributed by atoms with Crippen LogP contribution in [0.1, 0.15) is 31.2 Å². The molecule has 3 heteroatoms. The first kappa shape index (κ1) is 15.0. The van der Waals surface area contributed by atoms with Crippen molar-refractivity contribution in [3.05, 3.63) is 35.9 Å². The summed E-state index contributed by atoms with van der Waals surface area (Å²) in [5.74, 6) is 0.561. The van der Waals surface area contributed by atoms with Gasteiger partial charge in [-0.05, 0) is 45.3 Å². The molecule has 1 saturated carbocycles. The third kappa shape index (κ3) is 4.97. The molecule has 0 aromatic heterocycles. The van der Waals surface area contributed by atoms with Gasteiger partial charge in [-0.2, -0.15) is 0 Å². The molecule has 20 heavy (non-hydrogen) atoms. The van der Waals surface area contributed by atoms with E-state index in [1.807, 2.05) is 0 Å². The second-order valence-corrected chi connectivity index (χ2v) is 5.85. The second kappa shape index (κ2) is 8.05. The molecular weight excluding hydrogens is 248 g/mol. The van der Waals surface area contributed by atoms with Crippen molar-refractivity contribution < 1.29 is 4.84 Å². The summed E-state index contributed by atoms with van der Waals surface area (Å²) >= 11 is 0. The van der Waals surface area contributed by atoms with Crippen molar-refractivity contribution in [2.75, 3.05) is 27.2 Å². The van der Waals surface area contributed by atoms with Crippen molar-refractivity contribution in [1.82, 2.24) is 4.90 Å². The third-order valence-corrected chi connectivity index (χ3v) is 3.84. The highest BCUT2D eigenvalue weighted by atomic mass is 16.6. The highest BCUT2D eigenvalue weighted by Gasteiger charge is 2.21. The summed E-state index contributed by atoms with van der Waals surface area (Å²) in [5, 5.41) is 4.42. The van der Waals surface area contributed by atoms with Crippen LogP contribution in [-0.2, 0) is 11.3 Å². The number of rotatable bonds is 6. The van der Waals surface area contributed by atoms with Crippen molar-refractivity contribution in [1.29, 1.82) is 0 Å². The first-order chi connectivity index (χ1) is 9.75. The molecule has 1 fully saturated rings. The Balaban J connectivity index is 1.89. The highest BCUT2D eigenvalue weighted by Crippen LogP contribution is 2.25. The SMILES string of the molecule is CN(C)CCON=C1CCCCC1Cc1ccccc1. The van der Waals surface area contributed by atoms with Gasteiger partial charge in [0, 0.05) is 12.5 Å². The lowest BCUT2D eigenvalue weighted by Gasteiger charge is -2.23. The molecule has 1 aromatic carbocycles. The molecule has 1 unspecified atom stereocenters. The molecule has 1 aromatic rings. The van der Waals surface area contributed by atoms with Crippen LogP contribution in [0.5, 0.6) is 0 Å². The first-order valence-electron chi connectivity index (χ1n) is 7.63. The molecular formula is C17H26N2O. The van der Waals surface area contributed by atoms with E-state index in [4.69, 9.17) is 4.84 Å². The molecule has 0 spiro atoms. The zero-order valence-electron chi connectivity index (χ0n) is 12.7. The van der Waals surface area contributed by atoms with Crippen molar-refractivity contribution in [3.8, 4) is 0 Å². The van der Waals surface area contributed by atoms with Gasteiger partial charge in [0.1, 0.15) is 6.61 Å². The Morgan fingerprint density at radius 3 is 2.75 bits per heavy atom. The summed E-state index contributed by atoms with van der Waals surface area (Å²) in [6.45, 7) is 1.59. The molecule has 3 nitrogen and oxygen atoms in total. The molecule has 0 N–H and O–H groups in total. The standard InChI is InChI=1S/C17H26N2O/c1-19(2)12-13-20-18-17-11-7-6-10-16(17)14-15-8-4-3-5-9-15/h3-5,8-9,16H,6-7,10-14H2,1-2H3. The smallest absolute Gasteiger partial charge is 0.129 e. The van der Waals surface area contributed by atoms with E-state index < -0.39 is 0 Å². The van der Waals surface area contributed by atoms with Crippen LogP contribution in [0, 0.1) is 5.92 Å². The lowest BCUT2D eigenvalue weighted by Crippen LogP contribution is -2.23. The van der Waals surface area contributed by atoms with E-state index in [1.54, 1.807) is 0 Å². The Hall–Kier alpha value is -1.35. The van der Waals surface area contributed by atoms with Crippen LogP contribution >= 0.6 is 0 Å². The fraction of sp³-hybridized carbons (Fsp3) is 0.588. The molecule has 0 amide bonds. The molecule has 1 aliphatic carbocycles. The molecule has 0 bridgehead atoms. The fourth-order valence-electron chi connectivity index (χ4n) is 2.66. The van der Waals surface area contributed by atoms with Gasteiger partial charge < -0.3 is 9.74 Å². The summed E-state index contributed by atoms with van der Waals surface area (Å²) in [4.78, 5) is 7.61. The summed E-state index contributed by atoms with van der Waals surface area (Å²) in [5.41, 5.74) is 2.67. The lowest BCUT2D eigenvalue weighted by atomic mass is 9.83. The maximum atomic E-state index is 5.50. The van der Waals surface area contributed by atoms with Crippen LogP contribution in [-0.4, -0.2) is 37.9 Å². The average molecular weight is 274 g/mol. The van der Waals surface area contributed by atoms with Gasteiger partial charge in [0.05, 0.1) is 5.71 Å². The molecule has 0 aliphatic heterocycles. The van der Waals surface area contributed by atoms with E-state index in [0.29, 0.717) is 12.5 Å². The quantitative estimate of drug-likeness (QED) is 0.587. The minimum Gasteiger partial charge on any atom is -0.394 e. The predicted octanol–water partition coefficient (Wildman–Crippen LogP) is 3.35. The zero-order valence-corrected chi connectivity index (χ0v) is 12.7. The number of nitrogens with zero attached hydrogens (tertiary/aromatic N) is 2. The van der Waals surface area contributed by atoms with Crippen LogP contribution in [0.25, 0.3) is 0 Å². The van der Waals surface area contributed by atoms with Crippen LogP contribution < -0.4 is 0 Å². The van der Waals surface area contributed by atoms with Gasteiger partial charge in [0.2, 0.25) is 0 Å². The number of hydrogen-bond donors (Lipinski definition) is 0. The predicted molar refractivity (Wildman–Crippen MR) is 84.0 cm³/mol. The third-order valence-electron chi connectivity index (χ3n) is 3.84. The minimum absolute atomic E-state index is 0.561. The van der Waals surface area contributed by atoms with Crippen LogP contribution in [0.4, 0.5) is 0 Å². The molecule has 1 aliphatic rings. The van der Waals surface area contributed by atoms with E-state index in [2.05, 4.69) is 54.5 Å². The van der Waals surface area contributed by atoms with Gasteiger partial charge >= 0.3 is 0 Å². The Morgan fingerprint density at radius 2 is 2.00 bits per heavy atom. The Labute approximate surface area is 122 Å². The monoisotopic (exact) mass is 274 g/mol. The van der Waals surface area contributed by atoms with Gasteiger partial charge in [-0.15, -0.1) is 0 Å². The summed E-state index contributed by atoms with van der Waals surface area (Å²) in [6, 6.07) is 10.7. The van der Waals surface area contributed by atoms with Gasteiger partial charge in [-0.25, -0.2) is 0 Å². The van der Waals surface area contributed by atoms with Crippen molar-refractivity contribution >= 4 is 5.71 Å². The van der Waals surface area contributed by atoms with Gasteiger partial charge in [0.15, 0.2) is 0 Å². The van der Waals surface area contributed by atoms with Gasteiger partial charge in [-0.1, -0.05) is 41.9 Å². The van der Waals surface area contributed by atoms with Crippen LogP contribution in [0.15, 0.2) is 35.5 Å². The van der Waals surface area contributed by atoms with Crippen molar-refractivity contribution in [2.45, 2.75) is 32.1 Å². The summed E-state index contributed by atoms with van der Waals surface area (Å²) in [6.07, 6.45) is 6.00. The molecule has 2 rings (SSSR count). The van der Waals surface area contributed by atoms with Crippen molar-refractivity contribution in [2.24, 2.45) is 11.1 Å². The van der Waals surface area contributed by atoms with Crippen molar-refractivity contribution in [3.63, 3.8) is 0 Å². The largest absolute Gasteiger partial charge is 0.394 e. The van der Waals surface area contributed by atoms with E-state index in [-0.39, 0.29) is 0 Å². The molecule has 0 radical (unpaired) electrons. The Morgan fingerprint density at radius 1 is 1.20 bits per heavy atom. The van der Waals surface area contributed by atoms with E-state index in [9.17, 15) is 0 Å². The van der Waals surface area contributed by atoms with E-state index in [1.165, 1.54) is 30.5 Å². The number of likely N-dealkylation sites (N-methyl/N-ethyl adjacent to an activating group) is 1. The summed E-state index contributed by atoms with van der Waals surface area (Å²) in [7, 11) is 4.10. The molecule has 0 saturated heterocycles. The Kier molecular flexibility index (Phi) is 6.06. The second-order valence-electron chi connectivity index (χ2n) is 5.85. The maximum Gasteiger partial charge on any atom is 0.129 e. The number of oxime groups is 1. The molecule has 110 valence electrons.